The Morgan fingerprint density at radius 1 is 1.35 bits per heavy atom. The van der Waals surface area contributed by atoms with Gasteiger partial charge in [0, 0.05) is 11.6 Å². The highest BCUT2D eigenvalue weighted by Gasteiger charge is 2.10. The monoisotopic (exact) mass is 308 g/mol. The number of aromatic nitrogens is 2. The fourth-order valence-corrected chi connectivity index (χ4v) is 2.57. The van der Waals surface area contributed by atoms with Crippen LogP contribution in [0.2, 0.25) is 5.15 Å². The van der Waals surface area contributed by atoms with Gasteiger partial charge in [0.25, 0.3) is 0 Å². The molecule has 1 aromatic heterocycles. The largest absolute Gasteiger partial charge is 0.481 e. The van der Waals surface area contributed by atoms with E-state index in [0.717, 1.165) is 28.5 Å². The molecule has 1 heterocycles. The normalized spacial score (nSPS) is 10.6. The second-order valence-corrected chi connectivity index (χ2v) is 5.62. The van der Waals surface area contributed by atoms with Gasteiger partial charge in [-0.2, -0.15) is 0 Å². The van der Waals surface area contributed by atoms with Gasteiger partial charge in [-0.05, 0) is 25.0 Å². The number of rotatable bonds is 4. The van der Waals surface area contributed by atoms with Crippen molar-refractivity contribution < 1.29 is 9.90 Å². The van der Waals surface area contributed by atoms with Crippen molar-refractivity contribution in [3.05, 3.63) is 40.5 Å². The van der Waals surface area contributed by atoms with E-state index in [1.807, 2.05) is 32.0 Å². The van der Waals surface area contributed by atoms with E-state index in [9.17, 15) is 4.79 Å². The number of aliphatic carboxylic acids is 1. The molecule has 2 aromatic rings. The lowest BCUT2D eigenvalue weighted by Gasteiger charge is -2.09. The molecule has 0 amide bonds. The molecule has 0 saturated heterocycles. The molecule has 0 bridgehead atoms. The average molecular weight is 309 g/mol. The SMILES string of the molecule is Cc1cccc(-c2cc(Cl)nc(SCC(=O)O)n2)c1C. The van der Waals surface area contributed by atoms with E-state index < -0.39 is 5.97 Å². The predicted octanol–water partition coefficient (Wildman–Crippen LogP) is 3.59. The zero-order valence-corrected chi connectivity index (χ0v) is 12.6. The lowest BCUT2D eigenvalue weighted by molar-refractivity contribution is -0.133. The summed E-state index contributed by atoms with van der Waals surface area (Å²) in [5.41, 5.74) is 3.97. The number of halogens is 1. The molecule has 4 nitrogen and oxygen atoms in total. The highest BCUT2D eigenvalue weighted by Crippen LogP contribution is 2.27. The number of aryl methyl sites for hydroxylation is 1. The van der Waals surface area contributed by atoms with Crippen molar-refractivity contribution in [2.75, 3.05) is 5.75 Å². The van der Waals surface area contributed by atoms with Gasteiger partial charge in [0.2, 0.25) is 0 Å². The van der Waals surface area contributed by atoms with Gasteiger partial charge in [0.1, 0.15) is 5.15 Å². The van der Waals surface area contributed by atoms with Gasteiger partial charge < -0.3 is 5.11 Å². The van der Waals surface area contributed by atoms with Gasteiger partial charge in [0.05, 0.1) is 11.4 Å². The molecule has 0 atom stereocenters. The van der Waals surface area contributed by atoms with E-state index in [4.69, 9.17) is 16.7 Å². The van der Waals surface area contributed by atoms with Crippen LogP contribution in [0.3, 0.4) is 0 Å². The van der Waals surface area contributed by atoms with Crippen LogP contribution in [0.5, 0.6) is 0 Å². The minimum atomic E-state index is -0.910. The topological polar surface area (TPSA) is 63.1 Å². The molecule has 0 aliphatic rings. The number of hydrogen-bond donors (Lipinski definition) is 1. The van der Waals surface area contributed by atoms with Gasteiger partial charge in [-0.25, -0.2) is 9.97 Å². The highest BCUT2D eigenvalue weighted by atomic mass is 35.5. The van der Waals surface area contributed by atoms with E-state index in [1.54, 1.807) is 6.07 Å². The van der Waals surface area contributed by atoms with Crippen molar-refractivity contribution >= 4 is 29.3 Å². The molecule has 0 saturated carbocycles. The Morgan fingerprint density at radius 3 is 2.80 bits per heavy atom. The van der Waals surface area contributed by atoms with Crippen LogP contribution in [-0.4, -0.2) is 26.8 Å². The van der Waals surface area contributed by atoms with Crippen molar-refractivity contribution in [3.63, 3.8) is 0 Å². The summed E-state index contributed by atoms with van der Waals surface area (Å²) in [7, 11) is 0. The quantitative estimate of drug-likeness (QED) is 0.531. The van der Waals surface area contributed by atoms with E-state index in [1.165, 1.54) is 0 Å². The minimum absolute atomic E-state index is 0.0907. The lowest BCUT2D eigenvalue weighted by Crippen LogP contribution is -2.00. The maximum atomic E-state index is 10.6. The molecule has 0 fully saturated rings. The smallest absolute Gasteiger partial charge is 0.313 e. The maximum Gasteiger partial charge on any atom is 0.313 e. The van der Waals surface area contributed by atoms with Crippen LogP contribution in [0.15, 0.2) is 29.4 Å². The Morgan fingerprint density at radius 2 is 2.10 bits per heavy atom. The first-order valence-electron chi connectivity index (χ1n) is 5.93. The van der Waals surface area contributed by atoms with Crippen molar-refractivity contribution in [1.82, 2.24) is 9.97 Å². The summed E-state index contributed by atoms with van der Waals surface area (Å²) in [5, 5.41) is 9.38. The van der Waals surface area contributed by atoms with Crippen molar-refractivity contribution in [2.24, 2.45) is 0 Å². The number of nitrogens with zero attached hydrogens (tertiary/aromatic N) is 2. The third-order valence-electron chi connectivity index (χ3n) is 2.88. The van der Waals surface area contributed by atoms with Gasteiger partial charge in [-0.3, -0.25) is 4.79 Å². The van der Waals surface area contributed by atoms with Crippen molar-refractivity contribution in [1.29, 1.82) is 0 Å². The van der Waals surface area contributed by atoms with E-state index >= 15 is 0 Å². The summed E-state index contributed by atoms with van der Waals surface area (Å²) in [6.07, 6.45) is 0. The number of thioether (sulfide) groups is 1. The van der Waals surface area contributed by atoms with Crippen LogP contribution in [-0.2, 0) is 4.79 Å². The molecule has 0 spiro atoms. The zero-order valence-electron chi connectivity index (χ0n) is 11.1. The fourth-order valence-electron chi connectivity index (χ4n) is 1.75. The lowest BCUT2D eigenvalue weighted by atomic mass is 10.0. The summed E-state index contributed by atoms with van der Waals surface area (Å²) >= 11 is 7.05. The van der Waals surface area contributed by atoms with Crippen LogP contribution in [0.1, 0.15) is 11.1 Å². The number of carboxylic acids is 1. The van der Waals surface area contributed by atoms with E-state index in [0.29, 0.717) is 16.0 Å². The number of benzene rings is 1. The van der Waals surface area contributed by atoms with Crippen LogP contribution in [0.4, 0.5) is 0 Å². The molecule has 6 heteroatoms. The van der Waals surface area contributed by atoms with E-state index in [2.05, 4.69) is 9.97 Å². The van der Waals surface area contributed by atoms with Crippen molar-refractivity contribution in [2.45, 2.75) is 19.0 Å². The Hall–Kier alpha value is -1.59. The van der Waals surface area contributed by atoms with Crippen LogP contribution >= 0.6 is 23.4 Å². The van der Waals surface area contributed by atoms with Crippen LogP contribution in [0, 0.1) is 13.8 Å². The molecule has 0 aliphatic heterocycles. The summed E-state index contributed by atoms with van der Waals surface area (Å²) in [4.78, 5) is 19.0. The molecule has 104 valence electrons. The first kappa shape index (κ1) is 14.8. The van der Waals surface area contributed by atoms with Crippen LogP contribution in [0.25, 0.3) is 11.3 Å². The second kappa shape index (κ2) is 6.24. The van der Waals surface area contributed by atoms with Crippen LogP contribution < -0.4 is 0 Å². The standard InChI is InChI=1S/C14H13ClN2O2S/c1-8-4-3-5-10(9(8)2)11-6-12(15)17-14(16-11)20-7-13(18)19/h3-6H,7H2,1-2H3,(H,18,19). The summed E-state index contributed by atoms with van der Waals surface area (Å²) in [6.45, 7) is 4.05. The van der Waals surface area contributed by atoms with Gasteiger partial charge >= 0.3 is 5.97 Å². The minimum Gasteiger partial charge on any atom is -0.481 e. The third kappa shape index (κ3) is 3.49. The molecular formula is C14H13ClN2O2S. The van der Waals surface area contributed by atoms with Gasteiger partial charge in [0.15, 0.2) is 5.16 Å². The molecule has 1 aromatic carbocycles. The maximum absolute atomic E-state index is 10.6. The van der Waals surface area contributed by atoms with E-state index in [-0.39, 0.29) is 5.75 Å². The first-order chi connectivity index (χ1) is 9.47. The highest BCUT2D eigenvalue weighted by molar-refractivity contribution is 7.99. The molecule has 0 aliphatic carbocycles. The molecule has 1 N–H and O–H groups in total. The Balaban J connectivity index is 2.41. The molecular weight excluding hydrogens is 296 g/mol. The van der Waals surface area contributed by atoms with Gasteiger partial charge in [-0.15, -0.1) is 0 Å². The first-order valence-corrected chi connectivity index (χ1v) is 7.29. The van der Waals surface area contributed by atoms with Gasteiger partial charge in [-0.1, -0.05) is 41.6 Å². The average Bonchev–Trinajstić information content (AvgIpc) is 2.39. The number of carboxylic acid groups (broad SMARTS) is 1. The molecule has 0 radical (unpaired) electrons. The summed E-state index contributed by atoms with van der Waals surface area (Å²) in [6, 6.07) is 7.64. The predicted molar refractivity (Wildman–Crippen MR) is 80.3 cm³/mol. The fraction of sp³-hybridized carbons (Fsp3) is 0.214. The third-order valence-corrected chi connectivity index (χ3v) is 3.91. The second-order valence-electron chi connectivity index (χ2n) is 4.29. The number of carbonyl (C=O) groups is 1. The number of hydrogen-bond acceptors (Lipinski definition) is 4. The molecule has 20 heavy (non-hydrogen) atoms. The Bertz CT molecular complexity index is 662. The summed E-state index contributed by atoms with van der Waals surface area (Å²) in [5.74, 6) is -1.00. The summed E-state index contributed by atoms with van der Waals surface area (Å²) < 4.78 is 0. The Kier molecular flexibility index (Phi) is 4.62. The van der Waals surface area contributed by atoms with Crippen molar-refractivity contribution in [3.8, 4) is 11.3 Å². The molecule has 2 rings (SSSR count). The zero-order chi connectivity index (χ0) is 14.7. The molecule has 0 unspecified atom stereocenters. The Labute approximate surface area is 126 Å².